The zero-order chi connectivity index (χ0) is 13.0. The van der Waals surface area contributed by atoms with E-state index in [1.807, 2.05) is 0 Å². The molecule has 0 spiro atoms. The van der Waals surface area contributed by atoms with Crippen LogP contribution in [0.15, 0.2) is 6.07 Å². The van der Waals surface area contributed by atoms with E-state index in [1.54, 1.807) is 13.0 Å². The lowest BCUT2D eigenvalue weighted by Gasteiger charge is -2.09. The van der Waals surface area contributed by atoms with Gasteiger partial charge in [0.1, 0.15) is 0 Å². The van der Waals surface area contributed by atoms with Crippen LogP contribution < -0.4 is 5.32 Å². The number of carboxylic acids is 1. The van der Waals surface area contributed by atoms with Crippen molar-refractivity contribution in [2.45, 2.75) is 38.8 Å². The van der Waals surface area contributed by atoms with E-state index >= 15 is 0 Å². The van der Waals surface area contributed by atoms with E-state index in [4.69, 9.17) is 9.84 Å². The molecular formula is C13H20N2O3. The zero-order valence-electron chi connectivity index (χ0n) is 10.7. The van der Waals surface area contributed by atoms with Gasteiger partial charge in [-0.1, -0.05) is 0 Å². The molecular weight excluding hydrogens is 232 g/mol. The minimum Gasteiger partial charge on any atom is -0.478 e. The van der Waals surface area contributed by atoms with Gasteiger partial charge in [0.15, 0.2) is 0 Å². The van der Waals surface area contributed by atoms with Crippen molar-refractivity contribution in [1.29, 1.82) is 0 Å². The van der Waals surface area contributed by atoms with Crippen LogP contribution in [-0.2, 0) is 11.3 Å². The van der Waals surface area contributed by atoms with Crippen LogP contribution >= 0.6 is 0 Å². The van der Waals surface area contributed by atoms with Gasteiger partial charge in [0.2, 0.25) is 0 Å². The maximum Gasteiger partial charge on any atom is 0.337 e. The molecule has 1 saturated heterocycles. The number of rotatable bonds is 6. The van der Waals surface area contributed by atoms with Crippen molar-refractivity contribution in [2.24, 2.45) is 0 Å². The van der Waals surface area contributed by atoms with Crippen molar-refractivity contribution in [3.63, 3.8) is 0 Å². The summed E-state index contributed by atoms with van der Waals surface area (Å²) < 4.78 is 5.53. The molecule has 1 atom stereocenters. The molecule has 1 aliphatic heterocycles. The first-order valence-electron chi connectivity index (χ1n) is 6.41. The molecule has 0 aliphatic carbocycles. The number of carbonyl (C=O) groups is 1. The summed E-state index contributed by atoms with van der Waals surface area (Å²) in [6.45, 7) is 4.23. The topological polar surface area (TPSA) is 74.3 Å². The molecule has 2 heterocycles. The van der Waals surface area contributed by atoms with Gasteiger partial charge >= 0.3 is 5.97 Å². The fraction of sp³-hybridized carbons (Fsp3) is 0.615. The summed E-state index contributed by atoms with van der Waals surface area (Å²) >= 11 is 0. The van der Waals surface area contributed by atoms with Gasteiger partial charge < -0.3 is 20.1 Å². The highest BCUT2D eigenvalue weighted by atomic mass is 16.5. The van der Waals surface area contributed by atoms with E-state index in [0.29, 0.717) is 23.9 Å². The molecule has 5 heteroatoms. The number of aromatic nitrogens is 1. The number of aryl methyl sites for hydroxylation is 1. The first-order chi connectivity index (χ1) is 8.66. The molecule has 1 fully saturated rings. The molecule has 5 nitrogen and oxygen atoms in total. The first kappa shape index (κ1) is 13.1. The van der Waals surface area contributed by atoms with Crippen molar-refractivity contribution in [3.05, 3.63) is 23.0 Å². The molecule has 0 aromatic carbocycles. The molecule has 1 aromatic rings. The van der Waals surface area contributed by atoms with Crippen molar-refractivity contribution < 1.29 is 14.6 Å². The van der Waals surface area contributed by atoms with Gasteiger partial charge in [-0.2, -0.15) is 0 Å². The lowest BCUT2D eigenvalue weighted by atomic mass is 10.2. The Balaban J connectivity index is 1.72. The first-order valence-corrected chi connectivity index (χ1v) is 6.41. The Labute approximate surface area is 107 Å². The van der Waals surface area contributed by atoms with Crippen LogP contribution in [0.4, 0.5) is 0 Å². The number of hydrogen-bond donors (Lipinski definition) is 3. The summed E-state index contributed by atoms with van der Waals surface area (Å²) in [5.74, 6) is -0.880. The lowest BCUT2D eigenvalue weighted by molar-refractivity contribution is 0.0696. The Morgan fingerprint density at radius 2 is 2.50 bits per heavy atom. The van der Waals surface area contributed by atoms with Crippen LogP contribution in [0.3, 0.4) is 0 Å². The molecule has 2 rings (SSSR count). The molecule has 0 amide bonds. The summed E-state index contributed by atoms with van der Waals surface area (Å²) in [7, 11) is 0. The van der Waals surface area contributed by atoms with E-state index < -0.39 is 5.97 Å². The predicted octanol–water partition coefficient (Wildman–Crippen LogP) is 1.68. The Bertz CT molecular complexity index is 408. The number of carboxylic acid groups (broad SMARTS) is 1. The van der Waals surface area contributed by atoms with Gasteiger partial charge in [0.25, 0.3) is 0 Å². The van der Waals surface area contributed by atoms with Crippen molar-refractivity contribution in [2.75, 3.05) is 13.2 Å². The second-order valence-electron chi connectivity index (χ2n) is 4.74. The molecule has 0 saturated carbocycles. The maximum atomic E-state index is 10.9. The van der Waals surface area contributed by atoms with Crippen LogP contribution in [0, 0.1) is 6.92 Å². The highest BCUT2D eigenvalue weighted by molar-refractivity contribution is 5.89. The summed E-state index contributed by atoms with van der Waals surface area (Å²) in [5.41, 5.74) is 1.97. The molecule has 18 heavy (non-hydrogen) atoms. The number of hydrogen-bond acceptors (Lipinski definition) is 3. The molecule has 1 aromatic heterocycles. The summed E-state index contributed by atoms with van der Waals surface area (Å²) in [6, 6.07) is 1.69. The normalized spacial score (nSPS) is 19.3. The minimum atomic E-state index is -0.880. The number of nitrogens with one attached hydrogen (secondary N) is 2. The number of aromatic carboxylic acids is 1. The maximum absolute atomic E-state index is 10.9. The second-order valence-corrected chi connectivity index (χ2v) is 4.74. The Hall–Kier alpha value is -1.33. The van der Waals surface area contributed by atoms with Gasteiger partial charge in [-0.15, -0.1) is 0 Å². The highest BCUT2D eigenvalue weighted by Crippen LogP contribution is 2.14. The monoisotopic (exact) mass is 252 g/mol. The fourth-order valence-corrected chi connectivity index (χ4v) is 2.30. The van der Waals surface area contributed by atoms with Crippen LogP contribution in [0.2, 0.25) is 0 Å². The molecule has 0 radical (unpaired) electrons. The van der Waals surface area contributed by atoms with Crippen molar-refractivity contribution in [1.82, 2.24) is 10.3 Å². The number of H-pyrrole nitrogens is 1. The van der Waals surface area contributed by atoms with Gasteiger partial charge in [-0.05, 0) is 38.8 Å². The molecule has 3 N–H and O–H groups in total. The average Bonchev–Trinajstić information content (AvgIpc) is 2.94. The van der Waals surface area contributed by atoms with Crippen LogP contribution in [-0.4, -0.2) is 35.3 Å². The predicted molar refractivity (Wildman–Crippen MR) is 67.8 cm³/mol. The fourth-order valence-electron chi connectivity index (χ4n) is 2.30. The SMILES string of the molecule is Cc1[nH]c(CNCCC2CCCO2)cc1C(=O)O. The third-order valence-corrected chi connectivity index (χ3v) is 3.28. The van der Waals surface area contributed by atoms with Gasteiger partial charge in [0.05, 0.1) is 11.7 Å². The average molecular weight is 252 g/mol. The Morgan fingerprint density at radius 1 is 1.67 bits per heavy atom. The van der Waals surface area contributed by atoms with E-state index in [9.17, 15) is 4.79 Å². The summed E-state index contributed by atoms with van der Waals surface area (Å²) in [5, 5.41) is 12.2. The standard InChI is InChI=1S/C13H20N2O3/c1-9-12(13(16)17)7-10(15-9)8-14-5-4-11-3-2-6-18-11/h7,11,14-15H,2-6,8H2,1H3,(H,16,17). The number of ether oxygens (including phenoxy) is 1. The van der Waals surface area contributed by atoms with E-state index in [0.717, 1.165) is 31.7 Å². The number of aromatic amines is 1. The van der Waals surface area contributed by atoms with Gasteiger partial charge in [0, 0.05) is 24.5 Å². The third kappa shape index (κ3) is 3.34. The van der Waals surface area contributed by atoms with E-state index in [-0.39, 0.29) is 0 Å². The Kier molecular flexibility index (Phi) is 4.38. The van der Waals surface area contributed by atoms with E-state index in [1.165, 1.54) is 6.42 Å². The largest absolute Gasteiger partial charge is 0.478 e. The van der Waals surface area contributed by atoms with Crippen molar-refractivity contribution >= 4 is 5.97 Å². The summed E-state index contributed by atoms with van der Waals surface area (Å²) in [6.07, 6.45) is 3.75. The molecule has 100 valence electrons. The molecule has 0 bridgehead atoms. The quantitative estimate of drug-likeness (QED) is 0.673. The van der Waals surface area contributed by atoms with Crippen LogP contribution in [0.25, 0.3) is 0 Å². The second kappa shape index (κ2) is 6.02. The Morgan fingerprint density at radius 3 is 3.11 bits per heavy atom. The third-order valence-electron chi connectivity index (χ3n) is 3.28. The molecule has 1 aliphatic rings. The lowest BCUT2D eigenvalue weighted by Crippen LogP contribution is -2.20. The minimum absolute atomic E-state index is 0.353. The van der Waals surface area contributed by atoms with Crippen LogP contribution in [0.1, 0.15) is 41.0 Å². The summed E-state index contributed by atoms with van der Waals surface area (Å²) in [4.78, 5) is 14.0. The van der Waals surface area contributed by atoms with Crippen LogP contribution in [0.5, 0.6) is 0 Å². The molecule has 1 unspecified atom stereocenters. The highest BCUT2D eigenvalue weighted by Gasteiger charge is 2.14. The van der Waals surface area contributed by atoms with E-state index in [2.05, 4.69) is 10.3 Å². The van der Waals surface area contributed by atoms with Gasteiger partial charge in [-0.3, -0.25) is 0 Å². The zero-order valence-corrected chi connectivity index (χ0v) is 10.7. The smallest absolute Gasteiger partial charge is 0.337 e. The van der Waals surface area contributed by atoms with Gasteiger partial charge in [-0.25, -0.2) is 4.79 Å². The van der Waals surface area contributed by atoms with Crippen molar-refractivity contribution in [3.8, 4) is 0 Å².